The number of carbonyl (C=O) groups is 1. The van der Waals surface area contributed by atoms with Gasteiger partial charge in [0.05, 0.1) is 18.3 Å². The highest BCUT2D eigenvalue weighted by molar-refractivity contribution is 7.14. The summed E-state index contributed by atoms with van der Waals surface area (Å²) in [5.74, 6) is -0.236. The van der Waals surface area contributed by atoms with Crippen molar-refractivity contribution in [3.8, 4) is 17.0 Å². The number of thiazole rings is 1. The van der Waals surface area contributed by atoms with Crippen molar-refractivity contribution in [2.45, 2.75) is 0 Å². The second kappa shape index (κ2) is 6.57. The van der Waals surface area contributed by atoms with Gasteiger partial charge in [0.1, 0.15) is 11.6 Å². The molecule has 26 heavy (non-hydrogen) atoms. The Labute approximate surface area is 151 Å². The summed E-state index contributed by atoms with van der Waals surface area (Å²) < 4.78 is 20.4. The van der Waals surface area contributed by atoms with Crippen LogP contribution in [0.5, 0.6) is 5.75 Å². The highest BCUT2D eigenvalue weighted by Gasteiger charge is 2.15. The van der Waals surface area contributed by atoms with Crippen molar-refractivity contribution in [2.75, 3.05) is 12.4 Å². The zero-order chi connectivity index (χ0) is 18.1. The first kappa shape index (κ1) is 16.2. The number of hydrogen-bond acceptors (Lipinski definition) is 5. The minimum absolute atomic E-state index is 0.288. The Balaban J connectivity index is 1.58. The van der Waals surface area contributed by atoms with Gasteiger partial charge in [-0.3, -0.25) is 10.1 Å². The van der Waals surface area contributed by atoms with E-state index in [0.29, 0.717) is 22.1 Å². The van der Waals surface area contributed by atoms with Gasteiger partial charge >= 0.3 is 0 Å². The van der Waals surface area contributed by atoms with Gasteiger partial charge in [0.25, 0.3) is 5.91 Å². The fourth-order valence-corrected chi connectivity index (χ4v) is 3.25. The molecule has 0 saturated heterocycles. The van der Waals surface area contributed by atoms with Gasteiger partial charge < -0.3 is 4.74 Å². The molecule has 6 nitrogen and oxygen atoms in total. The van der Waals surface area contributed by atoms with Crippen LogP contribution in [0.2, 0.25) is 0 Å². The molecule has 8 heteroatoms. The maximum atomic E-state index is 13.5. The Morgan fingerprint density at radius 3 is 2.96 bits per heavy atom. The molecular weight excluding hydrogens is 355 g/mol. The van der Waals surface area contributed by atoms with Crippen LogP contribution >= 0.6 is 11.3 Å². The van der Waals surface area contributed by atoms with Crippen LogP contribution in [0.1, 0.15) is 10.5 Å². The van der Waals surface area contributed by atoms with E-state index in [9.17, 15) is 9.18 Å². The molecule has 0 aliphatic heterocycles. The van der Waals surface area contributed by atoms with Gasteiger partial charge in [-0.05, 0) is 36.4 Å². The van der Waals surface area contributed by atoms with E-state index in [1.165, 1.54) is 30.6 Å². The second-order valence-corrected chi connectivity index (χ2v) is 6.29. The average molecular weight is 368 g/mol. The SMILES string of the molecule is COc1ccc(F)cc1-c1csc(NC(=O)c2cc3ccccn3n2)n1. The number of ether oxygens (including phenoxy) is 1. The van der Waals surface area contributed by atoms with Crippen LogP contribution in [0.15, 0.2) is 54.0 Å². The van der Waals surface area contributed by atoms with Crippen LogP contribution in [0, 0.1) is 5.82 Å². The van der Waals surface area contributed by atoms with Crippen LogP contribution in [-0.4, -0.2) is 27.6 Å². The van der Waals surface area contributed by atoms with Crippen molar-refractivity contribution >= 4 is 27.9 Å². The molecule has 130 valence electrons. The third-order valence-corrected chi connectivity index (χ3v) is 4.52. The summed E-state index contributed by atoms with van der Waals surface area (Å²) in [5, 5.41) is 9.07. The molecule has 4 aromatic rings. The van der Waals surface area contributed by atoms with Crippen molar-refractivity contribution < 1.29 is 13.9 Å². The second-order valence-electron chi connectivity index (χ2n) is 5.44. The Bertz CT molecular complexity index is 1070. The molecule has 0 atom stereocenters. The largest absolute Gasteiger partial charge is 0.496 e. The van der Waals surface area contributed by atoms with Crippen LogP contribution in [0.25, 0.3) is 16.8 Å². The molecule has 0 unspecified atom stereocenters. The highest BCUT2D eigenvalue weighted by Crippen LogP contribution is 2.32. The van der Waals surface area contributed by atoms with Gasteiger partial charge in [-0.15, -0.1) is 11.3 Å². The van der Waals surface area contributed by atoms with Crippen LogP contribution in [-0.2, 0) is 0 Å². The molecule has 4 rings (SSSR count). The van der Waals surface area contributed by atoms with Gasteiger partial charge in [0.2, 0.25) is 0 Å². The number of rotatable bonds is 4. The normalized spacial score (nSPS) is 10.8. The van der Waals surface area contributed by atoms with Gasteiger partial charge in [-0.25, -0.2) is 13.9 Å². The smallest absolute Gasteiger partial charge is 0.277 e. The van der Waals surface area contributed by atoms with E-state index in [-0.39, 0.29) is 17.4 Å². The van der Waals surface area contributed by atoms with Crippen molar-refractivity contribution in [3.05, 3.63) is 65.6 Å². The number of methoxy groups -OCH3 is 1. The molecule has 1 aromatic carbocycles. The molecule has 0 saturated carbocycles. The predicted octanol–water partition coefficient (Wildman–Crippen LogP) is 3.86. The zero-order valence-corrected chi connectivity index (χ0v) is 14.5. The van der Waals surface area contributed by atoms with E-state index < -0.39 is 0 Å². The summed E-state index contributed by atoms with van der Waals surface area (Å²) in [5.41, 5.74) is 2.16. The summed E-state index contributed by atoms with van der Waals surface area (Å²) >= 11 is 1.24. The molecule has 0 aliphatic carbocycles. The van der Waals surface area contributed by atoms with Crippen molar-refractivity contribution in [2.24, 2.45) is 0 Å². The van der Waals surface area contributed by atoms with Crippen molar-refractivity contribution in [1.82, 2.24) is 14.6 Å². The third-order valence-electron chi connectivity index (χ3n) is 3.76. The molecule has 0 aliphatic rings. The number of anilines is 1. The number of aromatic nitrogens is 3. The standard InChI is InChI=1S/C18H13FN4O2S/c1-25-16-6-5-11(19)8-13(16)15-10-26-18(20-15)21-17(24)14-9-12-4-2-3-7-23(12)22-14/h2-10H,1H3,(H,20,21,24). The number of amides is 1. The lowest BCUT2D eigenvalue weighted by molar-refractivity contribution is 0.102. The molecular formula is C18H13FN4O2S. The number of nitrogens with zero attached hydrogens (tertiary/aromatic N) is 3. The van der Waals surface area contributed by atoms with E-state index >= 15 is 0 Å². The number of nitrogens with one attached hydrogen (secondary N) is 1. The lowest BCUT2D eigenvalue weighted by atomic mass is 10.1. The van der Waals surface area contributed by atoms with E-state index in [4.69, 9.17) is 4.74 Å². The first-order chi connectivity index (χ1) is 12.6. The Morgan fingerprint density at radius 2 is 2.15 bits per heavy atom. The van der Waals surface area contributed by atoms with Crippen molar-refractivity contribution in [3.63, 3.8) is 0 Å². The maximum Gasteiger partial charge on any atom is 0.277 e. The predicted molar refractivity (Wildman–Crippen MR) is 97.2 cm³/mol. The summed E-state index contributed by atoms with van der Waals surface area (Å²) in [6, 6.07) is 11.5. The number of hydrogen-bond donors (Lipinski definition) is 1. The van der Waals surface area contributed by atoms with Gasteiger partial charge in [-0.1, -0.05) is 6.07 Å². The van der Waals surface area contributed by atoms with E-state index in [0.717, 1.165) is 5.52 Å². The highest BCUT2D eigenvalue weighted by atomic mass is 32.1. The van der Waals surface area contributed by atoms with Gasteiger partial charge in [0.15, 0.2) is 10.8 Å². The summed E-state index contributed by atoms with van der Waals surface area (Å²) in [6.45, 7) is 0. The third kappa shape index (κ3) is 3.02. The quantitative estimate of drug-likeness (QED) is 0.594. The minimum Gasteiger partial charge on any atom is -0.496 e. The molecule has 1 amide bonds. The lowest BCUT2D eigenvalue weighted by Crippen LogP contribution is -2.12. The lowest BCUT2D eigenvalue weighted by Gasteiger charge is -2.05. The Morgan fingerprint density at radius 1 is 1.27 bits per heavy atom. The van der Waals surface area contributed by atoms with E-state index in [1.807, 2.05) is 18.2 Å². The molecule has 1 N–H and O–H groups in total. The monoisotopic (exact) mass is 368 g/mol. The first-order valence-corrected chi connectivity index (χ1v) is 8.57. The number of fused-ring (bicyclic) bond motifs is 1. The Hall–Kier alpha value is -3.26. The number of carbonyl (C=O) groups excluding carboxylic acids is 1. The maximum absolute atomic E-state index is 13.5. The molecule has 0 radical (unpaired) electrons. The minimum atomic E-state index is -0.385. The molecule has 0 fully saturated rings. The van der Waals surface area contributed by atoms with Crippen LogP contribution < -0.4 is 10.1 Å². The summed E-state index contributed by atoms with van der Waals surface area (Å²) in [4.78, 5) is 16.8. The summed E-state index contributed by atoms with van der Waals surface area (Å²) in [6.07, 6.45) is 1.77. The van der Waals surface area contributed by atoms with Crippen LogP contribution in [0.3, 0.4) is 0 Å². The molecule has 3 aromatic heterocycles. The van der Waals surface area contributed by atoms with Gasteiger partial charge in [0, 0.05) is 17.1 Å². The number of benzene rings is 1. The van der Waals surface area contributed by atoms with E-state index in [2.05, 4.69) is 15.4 Å². The fraction of sp³-hybridized carbons (Fsp3) is 0.0556. The average Bonchev–Trinajstić information content (AvgIpc) is 3.28. The van der Waals surface area contributed by atoms with E-state index in [1.54, 1.807) is 28.2 Å². The first-order valence-electron chi connectivity index (χ1n) is 7.69. The fourth-order valence-electron chi connectivity index (χ4n) is 2.55. The number of halogens is 1. The zero-order valence-electron chi connectivity index (χ0n) is 13.6. The van der Waals surface area contributed by atoms with Crippen LogP contribution in [0.4, 0.5) is 9.52 Å². The molecule has 3 heterocycles. The molecule has 0 bridgehead atoms. The summed E-state index contributed by atoms with van der Waals surface area (Å²) in [7, 11) is 1.51. The Kier molecular flexibility index (Phi) is 4.10. The number of pyridine rings is 1. The molecule has 0 spiro atoms. The van der Waals surface area contributed by atoms with Gasteiger partial charge in [-0.2, -0.15) is 5.10 Å². The van der Waals surface area contributed by atoms with Crippen molar-refractivity contribution in [1.29, 1.82) is 0 Å². The topological polar surface area (TPSA) is 68.5 Å².